The smallest absolute Gasteiger partial charge is 0.222 e. The van der Waals surface area contributed by atoms with E-state index in [4.69, 9.17) is 0 Å². The molecule has 0 aromatic rings. The monoisotopic (exact) mass is 556 g/mol. The molecule has 0 aromatic heterocycles. The van der Waals surface area contributed by atoms with Crippen LogP contribution in [0.2, 0.25) is 0 Å². The Morgan fingerprint density at radius 1 is 0.538 bits per heavy atom. The van der Waals surface area contributed by atoms with Crippen molar-refractivity contribution in [2.45, 2.75) is 194 Å². The fourth-order valence-electron chi connectivity index (χ4n) is 5.36. The maximum Gasteiger partial charge on any atom is 0.222 e. The number of hydrogen-bond donors (Lipinski definition) is 4. The van der Waals surface area contributed by atoms with Gasteiger partial charge in [-0.15, -0.1) is 0 Å². The zero-order chi connectivity index (χ0) is 29.1. The summed E-state index contributed by atoms with van der Waals surface area (Å²) >= 11 is 0. The van der Waals surface area contributed by atoms with Crippen LogP contribution < -0.4 is 5.32 Å². The van der Waals surface area contributed by atoms with Gasteiger partial charge in [0.15, 0.2) is 0 Å². The minimum atomic E-state index is -0.743. The average Bonchev–Trinajstić information content (AvgIpc) is 2.88. The van der Waals surface area contributed by atoms with E-state index in [1.807, 2.05) is 0 Å². The highest BCUT2D eigenvalue weighted by molar-refractivity contribution is 5.76. The minimum absolute atomic E-state index is 0.0388. The number of amides is 1. The van der Waals surface area contributed by atoms with E-state index in [1.165, 1.54) is 103 Å². The quantitative estimate of drug-likeness (QED) is 0.0697. The molecule has 0 bridgehead atoms. The molecule has 4 N–H and O–H groups in total. The minimum Gasteiger partial charge on any atom is -0.394 e. The number of aliphatic hydroxyl groups excluding tert-OH is 3. The molecule has 0 fully saturated rings. The number of rotatable bonds is 29. The normalized spacial score (nSPS) is 14.2. The molecule has 0 aliphatic heterocycles. The summed E-state index contributed by atoms with van der Waals surface area (Å²) in [6.45, 7) is 8.89. The van der Waals surface area contributed by atoms with Gasteiger partial charge in [-0.2, -0.15) is 0 Å². The zero-order valence-corrected chi connectivity index (χ0v) is 26.6. The summed E-state index contributed by atoms with van der Waals surface area (Å²) in [7, 11) is 0. The van der Waals surface area contributed by atoms with Crippen LogP contribution in [0.5, 0.6) is 0 Å². The van der Waals surface area contributed by atoms with Crippen molar-refractivity contribution in [2.75, 3.05) is 6.61 Å². The fraction of sp³-hybridized carbons (Fsp3) is 0.971. The van der Waals surface area contributed by atoms with Crippen LogP contribution in [0.1, 0.15) is 175 Å². The average molecular weight is 556 g/mol. The van der Waals surface area contributed by atoms with Crippen LogP contribution >= 0.6 is 0 Å². The van der Waals surface area contributed by atoms with Crippen LogP contribution in [0.25, 0.3) is 0 Å². The second kappa shape index (κ2) is 27.5. The van der Waals surface area contributed by atoms with Crippen molar-refractivity contribution in [1.29, 1.82) is 0 Å². The molecular weight excluding hydrogens is 486 g/mol. The number of carbonyl (C=O) groups is 1. The molecule has 0 saturated heterocycles. The Labute approximate surface area is 243 Å². The SMILES string of the molecule is CC(C)CCCCCCCCCCC[C@@H](O)CC(=O)N[C@@H](CO)[C@H](O)CCCCCCCCCCCC(C)C. The molecule has 3 atom stereocenters. The summed E-state index contributed by atoms with van der Waals surface area (Å²) in [5.74, 6) is 1.35. The highest BCUT2D eigenvalue weighted by Crippen LogP contribution is 2.16. The third-order valence-corrected chi connectivity index (χ3v) is 8.03. The van der Waals surface area contributed by atoms with Crippen molar-refractivity contribution in [3.8, 4) is 0 Å². The molecule has 0 radical (unpaired) electrons. The number of hydrogen-bond acceptors (Lipinski definition) is 4. The first-order valence-electron chi connectivity index (χ1n) is 17.0. The summed E-state index contributed by atoms with van der Waals surface area (Å²) in [6, 6.07) is -0.652. The molecule has 0 aromatic carbocycles. The Bertz CT molecular complexity index is 525. The van der Waals surface area contributed by atoms with Gasteiger partial charge >= 0.3 is 0 Å². The number of nitrogens with one attached hydrogen (secondary N) is 1. The lowest BCUT2D eigenvalue weighted by Crippen LogP contribution is -2.46. The van der Waals surface area contributed by atoms with Crippen molar-refractivity contribution in [3.05, 3.63) is 0 Å². The highest BCUT2D eigenvalue weighted by atomic mass is 16.3. The van der Waals surface area contributed by atoms with E-state index in [-0.39, 0.29) is 18.9 Å². The Hall–Kier alpha value is -0.650. The molecule has 5 nitrogen and oxygen atoms in total. The first-order chi connectivity index (χ1) is 18.8. The number of carbonyl (C=O) groups excluding carboxylic acids is 1. The van der Waals surface area contributed by atoms with Gasteiger partial charge < -0.3 is 20.6 Å². The summed E-state index contributed by atoms with van der Waals surface area (Å²) in [5, 5.41) is 33.1. The maximum absolute atomic E-state index is 12.3. The molecule has 0 unspecified atom stereocenters. The van der Waals surface area contributed by atoms with Gasteiger partial charge in [0.25, 0.3) is 0 Å². The van der Waals surface area contributed by atoms with Crippen LogP contribution in [0.15, 0.2) is 0 Å². The third kappa shape index (κ3) is 27.3. The van der Waals surface area contributed by atoms with Gasteiger partial charge in [-0.25, -0.2) is 0 Å². The van der Waals surface area contributed by atoms with E-state index in [1.54, 1.807) is 0 Å². The maximum atomic E-state index is 12.3. The van der Waals surface area contributed by atoms with E-state index >= 15 is 0 Å². The van der Waals surface area contributed by atoms with Crippen LogP contribution in [-0.2, 0) is 4.79 Å². The molecule has 0 aliphatic carbocycles. The first kappa shape index (κ1) is 38.4. The van der Waals surface area contributed by atoms with Crippen LogP contribution in [0.3, 0.4) is 0 Å². The van der Waals surface area contributed by atoms with Gasteiger partial charge in [-0.05, 0) is 24.7 Å². The van der Waals surface area contributed by atoms with Crippen molar-refractivity contribution < 1.29 is 20.1 Å². The Morgan fingerprint density at radius 3 is 1.23 bits per heavy atom. The molecule has 0 heterocycles. The molecule has 0 aliphatic rings. The molecule has 0 saturated carbocycles. The van der Waals surface area contributed by atoms with Gasteiger partial charge in [-0.1, -0.05) is 156 Å². The predicted octanol–water partition coefficient (Wildman–Crippen LogP) is 8.47. The third-order valence-electron chi connectivity index (χ3n) is 8.03. The first-order valence-corrected chi connectivity index (χ1v) is 17.0. The van der Waals surface area contributed by atoms with Crippen LogP contribution in [-0.4, -0.2) is 46.1 Å². The van der Waals surface area contributed by atoms with E-state index in [2.05, 4.69) is 33.0 Å². The summed E-state index contributed by atoms with van der Waals surface area (Å²) in [6.07, 6.45) is 24.8. The summed E-state index contributed by atoms with van der Waals surface area (Å²) in [5.41, 5.74) is 0. The Morgan fingerprint density at radius 2 is 0.872 bits per heavy atom. The van der Waals surface area contributed by atoms with Crippen molar-refractivity contribution in [1.82, 2.24) is 5.32 Å². The van der Waals surface area contributed by atoms with E-state index < -0.39 is 18.2 Å². The molecule has 234 valence electrons. The lowest BCUT2D eigenvalue weighted by molar-refractivity contribution is -0.125. The zero-order valence-electron chi connectivity index (χ0n) is 26.6. The standard InChI is InChI=1S/C34H69NO4/c1-29(2)23-19-15-11-7-5-9-13-17-21-25-31(37)27-34(39)35-32(28-36)33(38)26-22-18-14-10-6-8-12-16-20-24-30(3)4/h29-33,36-38H,5-28H2,1-4H3,(H,35,39)/t31-,32+,33-/m1/s1. The van der Waals surface area contributed by atoms with Crippen molar-refractivity contribution in [3.63, 3.8) is 0 Å². The van der Waals surface area contributed by atoms with Gasteiger partial charge in [-0.3, -0.25) is 4.79 Å². The molecule has 0 spiro atoms. The van der Waals surface area contributed by atoms with E-state index in [9.17, 15) is 20.1 Å². The molecule has 0 rings (SSSR count). The summed E-state index contributed by atoms with van der Waals surface area (Å²) in [4.78, 5) is 12.3. The number of aliphatic hydroxyl groups is 3. The Balaban J connectivity index is 3.71. The lowest BCUT2D eigenvalue weighted by Gasteiger charge is -2.23. The number of unbranched alkanes of at least 4 members (excludes halogenated alkanes) is 16. The van der Waals surface area contributed by atoms with Gasteiger partial charge in [0.1, 0.15) is 0 Å². The van der Waals surface area contributed by atoms with E-state index in [0.717, 1.165) is 37.5 Å². The van der Waals surface area contributed by atoms with Crippen molar-refractivity contribution >= 4 is 5.91 Å². The molecule has 39 heavy (non-hydrogen) atoms. The second-order valence-corrected chi connectivity index (χ2v) is 13.1. The lowest BCUT2D eigenvalue weighted by atomic mass is 10.0. The van der Waals surface area contributed by atoms with Crippen molar-refractivity contribution in [2.24, 2.45) is 11.8 Å². The highest BCUT2D eigenvalue weighted by Gasteiger charge is 2.21. The van der Waals surface area contributed by atoms with Gasteiger partial charge in [0, 0.05) is 0 Å². The molecule has 1 amide bonds. The van der Waals surface area contributed by atoms with Gasteiger partial charge in [0.05, 0.1) is 31.3 Å². The van der Waals surface area contributed by atoms with Gasteiger partial charge in [0.2, 0.25) is 5.91 Å². The van der Waals surface area contributed by atoms with E-state index in [0.29, 0.717) is 12.8 Å². The van der Waals surface area contributed by atoms with Crippen LogP contribution in [0.4, 0.5) is 0 Å². The largest absolute Gasteiger partial charge is 0.394 e. The predicted molar refractivity (Wildman–Crippen MR) is 167 cm³/mol. The topological polar surface area (TPSA) is 89.8 Å². The van der Waals surface area contributed by atoms with Crippen LogP contribution in [0, 0.1) is 11.8 Å². The molecular formula is C34H69NO4. The fourth-order valence-corrected chi connectivity index (χ4v) is 5.36. The second-order valence-electron chi connectivity index (χ2n) is 13.1. The molecule has 5 heteroatoms. The summed E-state index contributed by atoms with van der Waals surface area (Å²) < 4.78 is 0. The Kier molecular flexibility index (Phi) is 27.1.